The number of hydrogen-bond acceptors (Lipinski definition) is 0. The van der Waals surface area contributed by atoms with Gasteiger partial charge in [-0.2, -0.15) is 0 Å². The van der Waals surface area contributed by atoms with Gasteiger partial charge < -0.3 is 0 Å². The van der Waals surface area contributed by atoms with Gasteiger partial charge in [0.1, 0.15) is 0 Å². The topological polar surface area (TPSA) is 0 Å². The lowest BCUT2D eigenvalue weighted by atomic mass is 10.1. The molecule has 5 rings (SSSR count). The van der Waals surface area contributed by atoms with Gasteiger partial charge in [0.2, 0.25) is 0 Å². The predicted octanol–water partition coefficient (Wildman–Crippen LogP) is 8.76. The van der Waals surface area contributed by atoms with E-state index in [1.807, 2.05) is 0 Å². The van der Waals surface area contributed by atoms with Crippen molar-refractivity contribution in [2.45, 2.75) is 85.5 Å². The van der Waals surface area contributed by atoms with Gasteiger partial charge in [0, 0.05) is 5.54 Å². The van der Waals surface area contributed by atoms with E-state index >= 15 is 0 Å². The Labute approximate surface area is 250 Å². The average molecular weight is 556 g/mol. The molecule has 211 valence electrons. The van der Waals surface area contributed by atoms with E-state index < -0.39 is 8.07 Å². The predicted molar refractivity (Wildman–Crippen MR) is 182 cm³/mol. The zero-order chi connectivity index (χ0) is 28.7. The van der Waals surface area contributed by atoms with Gasteiger partial charge in [0.25, 0.3) is 0 Å². The van der Waals surface area contributed by atoms with E-state index in [1.165, 1.54) is 87.5 Å². The van der Waals surface area contributed by atoms with Crippen LogP contribution in [0.4, 0.5) is 0 Å². The van der Waals surface area contributed by atoms with Gasteiger partial charge in [-0.1, -0.05) is 149 Å². The average Bonchev–Trinajstić information content (AvgIpc) is 3.36. The minimum atomic E-state index is -2.62. The second kappa shape index (κ2) is 13.7. The van der Waals surface area contributed by atoms with Crippen LogP contribution in [0.3, 0.4) is 0 Å². The summed E-state index contributed by atoms with van der Waals surface area (Å²) in [6, 6.07) is 38.4. The molecule has 4 aromatic rings. The van der Waals surface area contributed by atoms with Crippen molar-refractivity contribution in [3.63, 3.8) is 0 Å². The second-order valence-corrected chi connectivity index (χ2v) is 15.7. The number of hydrogen-bond donors (Lipinski definition) is 0. The molecule has 0 atom stereocenters. The van der Waals surface area contributed by atoms with Crippen molar-refractivity contribution in [3.05, 3.63) is 136 Å². The van der Waals surface area contributed by atoms with E-state index in [4.69, 9.17) is 0 Å². The highest BCUT2D eigenvalue weighted by molar-refractivity contribution is 7.16. The van der Waals surface area contributed by atoms with Crippen molar-refractivity contribution in [3.8, 4) is 0 Å². The number of allylic oxidation sites excluding steroid dienone is 1. The summed E-state index contributed by atoms with van der Waals surface area (Å²) < 4.78 is 0. The van der Waals surface area contributed by atoms with E-state index in [0.717, 1.165) is 19.3 Å². The van der Waals surface area contributed by atoms with Crippen LogP contribution in [-0.4, -0.2) is 8.07 Å². The summed E-state index contributed by atoms with van der Waals surface area (Å²) in [6.07, 6.45) is 13.3. The maximum Gasteiger partial charge on any atom is 0.163 e. The molecule has 1 heteroatoms. The Morgan fingerprint density at radius 2 is 0.878 bits per heavy atom. The first kappa shape index (κ1) is 29.3. The van der Waals surface area contributed by atoms with Crippen LogP contribution in [0.15, 0.2) is 103 Å². The van der Waals surface area contributed by atoms with Crippen LogP contribution in [-0.2, 0) is 19.3 Å². The molecule has 0 aliphatic heterocycles. The first-order valence-corrected chi connectivity index (χ1v) is 18.1. The SMILES string of the molecule is CCCCc1ccc([Si]([C]2C(C)=Cc3ccccc32)(c2ccc(CCCC)cc2)c2ccc(CCCC)cc2)cc1. The minimum Gasteiger partial charge on any atom is -0.0654 e. The molecule has 0 saturated heterocycles. The molecule has 0 saturated carbocycles. The standard InChI is InChI=1S/C40H47Si/c1-5-8-13-32-18-24-36(25-19-32)41(37-26-20-33(21-27-37)14-9-6-2,38-28-22-34(23-29-38)15-10-7-3)40-31(4)30-35-16-11-12-17-39(35)40/h11-12,16-30H,5-10,13-15H2,1-4H3. The lowest BCUT2D eigenvalue weighted by Gasteiger charge is -2.40. The van der Waals surface area contributed by atoms with Crippen molar-refractivity contribution >= 4 is 29.7 Å². The Morgan fingerprint density at radius 3 is 1.27 bits per heavy atom. The quantitative estimate of drug-likeness (QED) is 0.114. The first-order chi connectivity index (χ1) is 20.1. The Kier molecular flexibility index (Phi) is 9.78. The van der Waals surface area contributed by atoms with Gasteiger partial charge in [0.15, 0.2) is 8.07 Å². The Hall–Kier alpha value is -3.16. The maximum absolute atomic E-state index is 2.62. The number of benzene rings is 4. The molecule has 0 fully saturated rings. The minimum absolute atomic E-state index is 1.15. The third-order valence-electron chi connectivity index (χ3n) is 8.99. The van der Waals surface area contributed by atoms with Gasteiger partial charge in [0.05, 0.1) is 0 Å². The summed E-state index contributed by atoms with van der Waals surface area (Å²) in [5, 5.41) is 4.46. The summed E-state index contributed by atoms with van der Waals surface area (Å²) in [5.74, 6) is 0. The van der Waals surface area contributed by atoms with Gasteiger partial charge in [-0.15, -0.1) is 0 Å². The number of unbranched alkanes of at least 4 members (excludes halogenated alkanes) is 3. The summed E-state index contributed by atoms with van der Waals surface area (Å²) in [6.45, 7) is 9.19. The lowest BCUT2D eigenvalue weighted by molar-refractivity contribution is 0.795. The fraction of sp³-hybridized carbons (Fsp3) is 0.325. The van der Waals surface area contributed by atoms with Crippen LogP contribution in [0.2, 0.25) is 0 Å². The van der Waals surface area contributed by atoms with Crippen LogP contribution < -0.4 is 15.6 Å². The van der Waals surface area contributed by atoms with E-state index in [0.29, 0.717) is 0 Å². The van der Waals surface area contributed by atoms with Gasteiger partial charge in [-0.05, 0) is 88.8 Å². The molecule has 41 heavy (non-hydrogen) atoms. The molecular weight excluding hydrogens is 509 g/mol. The molecule has 1 aliphatic carbocycles. The maximum atomic E-state index is 2.48. The van der Waals surface area contributed by atoms with Crippen molar-refractivity contribution in [2.75, 3.05) is 0 Å². The van der Waals surface area contributed by atoms with Crippen LogP contribution in [0.25, 0.3) is 6.08 Å². The third kappa shape index (κ3) is 6.07. The monoisotopic (exact) mass is 555 g/mol. The number of fused-ring (bicyclic) bond motifs is 1. The van der Waals surface area contributed by atoms with Crippen molar-refractivity contribution in [2.24, 2.45) is 0 Å². The number of rotatable bonds is 13. The first-order valence-electron chi connectivity index (χ1n) is 16.1. The molecule has 0 amide bonds. The number of aryl methyl sites for hydroxylation is 3. The molecule has 0 heterocycles. The molecule has 0 N–H and O–H groups in total. The smallest absolute Gasteiger partial charge is 0.0654 e. The molecule has 1 radical (unpaired) electrons. The summed E-state index contributed by atoms with van der Waals surface area (Å²) in [4.78, 5) is 0. The molecule has 0 bridgehead atoms. The molecule has 0 spiro atoms. The van der Waals surface area contributed by atoms with Crippen molar-refractivity contribution in [1.82, 2.24) is 0 Å². The zero-order valence-corrected chi connectivity index (χ0v) is 26.7. The van der Waals surface area contributed by atoms with E-state index in [9.17, 15) is 0 Å². The Bertz CT molecular complexity index is 1300. The van der Waals surface area contributed by atoms with Crippen molar-refractivity contribution in [1.29, 1.82) is 0 Å². The Balaban J connectivity index is 1.75. The van der Waals surface area contributed by atoms with E-state index in [1.54, 1.807) is 5.54 Å². The highest BCUT2D eigenvalue weighted by Crippen LogP contribution is 2.41. The highest BCUT2D eigenvalue weighted by atomic mass is 28.3. The zero-order valence-electron chi connectivity index (χ0n) is 25.7. The largest absolute Gasteiger partial charge is 0.163 e. The van der Waals surface area contributed by atoms with Gasteiger partial charge in [-0.25, -0.2) is 0 Å². The molecular formula is C40H47Si. The Morgan fingerprint density at radius 1 is 0.488 bits per heavy atom. The molecule has 4 aromatic carbocycles. The highest BCUT2D eigenvalue weighted by Gasteiger charge is 2.50. The van der Waals surface area contributed by atoms with E-state index in [2.05, 4.69) is 131 Å². The summed E-state index contributed by atoms with van der Waals surface area (Å²) in [5.41, 5.74) is 10.1. The molecule has 0 unspecified atom stereocenters. The fourth-order valence-corrected chi connectivity index (χ4v) is 11.9. The van der Waals surface area contributed by atoms with Crippen molar-refractivity contribution < 1.29 is 0 Å². The summed E-state index contributed by atoms with van der Waals surface area (Å²) >= 11 is 0. The molecule has 1 aliphatic rings. The van der Waals surface area contributed by atoms with Crippen LogP contribution in [0.1, 0.15) is 94.0 Å². The van der Waals surface area contributed by atoms with E-state index in [-0.39, 0.29) is 0 Å². The lowest BCUT2D eigenvalue weighted by Crippen LogP contribution is -2.71. The third-order valence-corrected chi connectivity index (χ3v) is 14.0. The normalized spacial score (nSPS) is 13.3. The van der Waals surface area contributed by atoms with Gasteiger partial charge in [-0.3, -0.25) is 0 Å². The molecule has 0 aromatic heterocycles. The van der Waals surface area contributed by atoms with Crippen LogP contribution in [0.5, 0.6) is 0 Å². The molecule has 0 nitrogen and oxygen atoms in total. The fourth-order valence-electron chi connectivity index (χ4n) is 6.71. The van der Waals surface area contributed by atoms with Crippen LogP contribution >= 0.6 is 0 Å². The van der Waals surface area contributed by atoms with Crippen LogP contribution in [0, 0.1) is 5.54 Å². The summed E-state index contributed by atoms with van der Waals surface area (Å²) in [7, 11) is -2.62. The van der Waals surface area contributed by atoms with Gasteiger partial charge >= 0.3 is 0 Å². The second-order valence-electron chi connectivity index (χ2n) is 11.9.